The zero-order chi connectivity index (χ0) is 13.4. The maximum absolute atomic E-state index is 4.37. The quantitative estimate of drug-likeness (QED) is 0.842. The van der Waals surface area contributed by atoms with Crippen molar-refractivity contribution in [3.05, 3.63) is 18.5 Å². The fourth-order valence-corrected chi connectivity index (χ4v) is 4.48. The molecule has 3 fully saturated rings. The van der Waals surface area contributed by atoms with Crippen LogP contribution in [0.1, 0.15) is 38.1 Å². The van der Waals surface area contributed by atoms with Crippen molar-refractivity contribution in [2.75, 3.05) is 32.7 Å². The van der Waals surface area contributed by atoms with Crippen LogP contribution < -0.4 is 0 Å². The number of hydrogen-bond acceptors (Lipinski definition) is 3. The van der Waals surface area contributed by atoms with Crippen molar-refractivity contribution < 1.29 is 0 Å². The van der Waals surface area contributed by atoms with Gasteiger partial charge in [0, 0.05) is 38.1 Å². The summed E-state index contributed by atoms with van der Waals surface area (Å²) in [5.41, 5.74) is 0. The van der Waals surface area contributed by atoms with Gasteiger partial charge in [0.2, 0.25) is 0 Å². The first-order valence-corrected chi connectivity index (χ1v) is 8.36. The van der Waals surface area contributed by atoms with Gasteiger partial charge < -0.3 is 4.90 Å². The number of rotatable bonds is 3. The molecule has 3 saturated heterocycles. The Kier molecular flexibility index (Phi) is 3.52. The molecule has 4 heterocycles. The fraction of sp³-hybridized carbons (Fsp3) is 0.812. The second kappa shape index (κ2) is 5.49. The smallest absolute Gasteiger partial charge is 0.0772 e. The predicted octanol–water partition coefficient (Wildman–Crippen LogP) is 2.00. The Morgan fingerprint density at radius 3 is 2.80 bits per heavy atom. The lowest BCUT2D eigenvalue weighted by Crippen LogP contribution is -2.55. The standard InChI is InChI=1S/C16H26N4/c1-2-8-19-9-3-5-14(16(19)6-1)11-18-12-15(13-18)20-10-4-7-17-20/h4,7,10,14-16H,1-3,5-6,8-9,11-13H2/t14-,16+/m0/s1. The summed E-state index contributed by atoms with van der Waals surface area (Å²) >= 11 is 0. The minimum Gasteiger partial charge on any atom is -0.300 e. The summed E-state index contributed by atoms with van der Waals surface area (Å²) in [4.78, 5) is 5.43. The Bertz CT molecular complexity index is 422. The van der Waals surface area contributed by atoms with Crippen LogP contribution in [0.25, 0.3) is 0 Å². The lowest BCUT2D eigenvalue weighted by atomic mass is 9.82. The second-order valence-corrected chi connectivity index (χ2v) is 6.86. The van der Waals surface area contributed by atoms with Gasteiger partial charge in [-0.05, 0) is 50.8 Å². The van der Waals surface area contributed by atoms with Crippen molar-refractivity contribution in [2.24, 2.45) is 5.92 Å². The Hall–Kier alpha value is -0.870. The van der Waals surface area contributed by atoms with Crippen molar-refractivity contribution in [1.82, 2.24) is 19.6 Å². The minimum absolute atomic E-state index is 0.621. The molecule has 0 aromatic carbocycles. The van der Waals surface area contributed by atoms with Crippen LogP contribution in [0, 0.1) is 5.92 Å². The van der Waals surface area contributed by atoms with Crippen LogP contribution in [0.2, 0.25) is 0 Å². The SMILES string of the molecule is c1cnn(C2CN(C[C@@H]3CCCN4CCCC[C@H]34)C2)c1. The molecule has 0 aliphatic carbocycles. The summed E-state index contributed by atoms with van der Waals surface area (Å²) in [6, 6.07) is 3.54. The molecule has 110 valence electrons. The molecule has 1 aromatic rings. The van der Waals surface area contributed by atoms with Gasteiger partial charge in [0.15, 0.2) is 0 Å². The molecule has 4 nitrogen and oxygen atoms in total. The summed E-state index contributed by atoms with van der Waals surface area (Å²) in [6.07, 6.45) is 11.2. The normalized spacial score (nSPS) is 32.8. The molecule has 2 atom stereocenters. The van der Waals surface area contributed by atoms with Gasteiger partial charge in [-0.3, -0.25) is 9.58 Å². The molecule has 0 radical (unpaired) electrons. The Morgan fingerprint density at radius 1 is 1.05 bits per heavy atom. The van der Waals surface area contributed by atoms with Crippen LogP contribution in [0.15, 0.2) is 18.5 Å². The zero-order valence-electron chi connectivity index (χ0n) is 12.3. The molecule has 0 N–H and O–H groups in total. The summed E-state index contributed by atoms with van der Waals surface area (Å²) in [6.45, 7) is 6.43. The van der Waals surface area contributed by atoms with Crippen LogP contribution in [0.5, 0.6) is 0 Å². The van der Waals surface area contributed by atoms with Crippen molar-refractivity contribution in [3.63, 3.8) is 0 Å². The van der Waals surface area contributed by atoms with Crippen LogP contribution in [-0.2, 0) is 0 Å². The van der Waals surface area contributed by atoms with E-state index in [4.69, 9.17) is 0 Å². The minimum atomic E-state index is 0.621. The summed E-state index contributed by atoms with van der Waals surface area (Å²) in [5, 5.41) is 4.37. The molecule has 0 spiro atoms. The maximum Gasteiger partial charge on any atom is 0.0772 e. The molecule has 0 amide bonds. The number of piperidine rings is 2. The van der Waals surface area contributed by atoms with Gasteiger partial charge in [-0.2, -0.15) is 5.10 Å². The van der Waals surface area contributed by atoms with Gasteiger partial charge in [-0.25, -0.2) is 0 Å². The van der Waals surface area contributed by atoms with Gasteiger partial charge in [-0.1, -0.05) is 6.42 Å². The van der Waals surface area contributed by atoms with E-state index in [-0.39, 0.29) is 0 Å². The number of fused-ring (bicyclic) bond motifs is 1. The third-order valence-electron chi connectivity index (χ3n) is 5.56. The van der Waals surface area contributed by atoms with Gasteiger partial charge in [0.1, 0.15) is 0 Å². The number of nitrogens with zero attached hydrogens (tertiary/aromatic N) is 4. The molecule has 20 heavy (non-hydrogen) atoms. The lowest BCUT2D eigenvalue weighted by Gasteiger charge is -2.48. The third-order valence-corrected chi connectivity index (χ3v) is 5.56. The molecule has 0 bridgehead atoms. The van der Waals surface area contributed by atoms with Crippen molar-refractivity contribution in [2.45, 2.75) is 44.2 Å². The molecule has 3 aliphatic rings. The van der Waals surface area contributed by atoms with Crippen molar-refractivity contribution in [1.29, 1.82) is 0 Å². The third kappa shape index (κ3) is 2.40. The van der Waals surface area contributed by atoms with E-state index in [1.54, 1.807) is 0 Å². The molecule has 3 aliphatic heterocycles. The van der Waals surface area contributed by atoms with Gasteiger partial charge in [0.05, 0.1) is 6.04 Å². The molecule has 0 saturated carbocycles. The van der Waals surface area contributed by atoms with E-state index in [1.165, 1.54) is 64.8 Å². The Labute approximate surface area is 121 Å². The first kappa shape index (κ1) is 12.8. The van der Waals surface area contributed by atoms with Crippen molar-refractivity contribution in [3.8, 4) is 0 Å². The average Bonchev–Trinajstić information content (AvgIpc) is 2.96. The van der Waals surface area contributed by atoms with Crippen LogP contribution in [-0.4, -0.2) is 58.3 Å². The Morgan fingerprint density at radius 2 is 1.95 bits per heavy atom. The molecule has 4 heteroatoms. The van der Waals surface area contributed by atoms with Gasteiger partial charge in [0.25, 0.3) is 0 Å². The number of likely N-dealkylation sites (tertiary alicyclic amines) is 1. The Balaban J connectivity index is 1.31. The van der Waals surface area contributed by atoms with Gasteiger partial charge >= 0.3 is 0 Å². The number of hydrogen-bond donors (Lipinski definition) is 0. The zero-order valence-corrected chi connectivity index (χ0v) is 12.3. The van der Waals surface area contributed by atoms with E-state index in [0.717, 1.165) is 12.0 Å². The van der Waals surface area contributed by atoms with E-state index in [9.17, 15) is 0 Å². The van der Waals surface area contributed by atoms with Crippen LogP contribution in [0.4, 0.5) is 0 Å². The van der Waals surface area contributed by atoms with E-state index in [1.807, 2.05) is 12.3 Å². The second-order valence-electron chi connectivity index (χ2n) is 6.86. The lowest BCUT2D eigenvalue weighted by molar-refractivity contribution is 0.0116. The molecule has 1 aromatic heterocycles. The summed E-state index contributed by atoms with van der Waals surface area (Å²) in [5.74, 6) is 0.919. The monoisotopic (exact) mass is 274 g/mol. The molecular formula is C16H26N4. The maximum atomic E-state index is 4.37. The van der Waals surface area contributed by atoms with Crippen LogP contribution >= 0.6 is 0 Å². The largest absolute Gasteiger partial charge is 0.300 e. The summed E-state index contributed by atoms with van der Waals surface area (Å²) in [7, 11) is 0. The average molecular weight is 274 g/mol. The fourth-order valence-electron chi connectivity index (χ4n) is 4.48. The predicted molar refractivity (Wildman–Crippen MR) is 79.6 cm³/mol. The van der Waals surface area contributed by atoms with Gasteiger partial charge in [-0.15, -0.1) is 0 Å². The van der Waals surface area contributed by atoms with E-state index in [2.05, 4.69) is 25.8 Å². The topological polar surface area (TPSA) is 24.3 Å². The van der Waals surface area contributed by atoms with Crippen LogP contribution in [0.3, 0.4) is 0 Å². The van der Waals surface area contributed by atoms with E-state index in [0.29, 0.717) is 6.04 Å². The number of aromatic nitrogens is 2. The van der Waals surface area contributed by atoms with E-state index >= 15 is 0 Å². The molecule has 0 unspecified atom stereocenters. The highest BCUT2D eigenvalue weighted by Gasteiger charge is 2.36. The highest BCUT2D eigenvalue weighted by Crippen LogP contribution is 2.33. The summed E-state index contributed by atoms with van der Waals surface area (Å²) < 4.78 is 2.13. The van der Waals surface area contributed by atoms with Crippen molar-refractivity contribution >= 4 is 0 Å². The molecule has 4 rings (SSSR count). The molecular weight excluding hydrogens is 248 g/mol. The highest BCUT2D eigenvalue weighted by atomic mass is 15.4. The van der Waals surface area contributed by atoms with E-state index < -0.39 is 0 Å². The first-order chi connectivity index (χ1) is 9.90. The first-order valence-electron chi connectivity index (χ1n) is 8.36. The highest BCUT2D eigenvalue weighted by molar-refractivity contribution is 4.93.